The molecule has 126 valence electrons. The largest absolute Gasteiger partial charge is 0.458 e. The van der Waals surface area contributed by atoms with Crippen molar-refractivity contribution in [3.63, 3.8) is 0 Å². The molecule has 0 amide bonds. The molecular weight excluding hydrogens is 324 g/mol. The van der Waals surface area contributed by atoms with Crippen molar-refractivity contribution in [1.82, 2.24) is 0 Å². The molecule has 2 aromatic rings. The molecule has 24 heavy (non-hydrogen) atoms. The van der Waals surface area contributed by atoms with Crippen LogP contribution in [0.15, 0.2) is 72.3 Å². The predicted molar refractivity (Wildman–Crippen MR) is 94.4 cm³/mol. The SMILES string of the molecule is C/C(=C/COC(=O)c1ccccc1)CS(=O)(=O)Cc1ccccc1. The molecule has 0 heterocycles. The van der Waals surface area contributed by atoms with Crippen molar-refractivity contribution in [2.24, 2.45) is 0 Å². The first kappa shape index (κ1) is 17.9. The summed E-state index contributed by atoms with van der Waals surface area (Å²) in [5.41, 5.74) is 1.90. The van der Waals surface area contributed by atoms with Crippen LogP contribution in [-0.2, 0) is 20.3 Å². The van der Waals surface area contributed by atoms with E-state index >= 15 is 0 Å². The molecule has 2 aromatic carbocycles. The Morgan fingerprint density at radius 2 is 1.58 bits per heavy atom. The number of rotatable bonds is 7. The van der Waals surface area contributed by atoms with Crippen LogP contribution in [0.25, 0.3) is 0 Å². The summed E-state index contributed by atoms with van der Waals surface area (Å²) in [7, 11) is -3.25. The standard InChI is InChI=1S/C19H20O4S/c1-16(12-13-23-19(20)18-10-6-3-7-11-18)14-24(21,22)15-17-8-4-2-5-9-17/h2-12H,13-15H2,1H3/b16-12-. The van der Waals surface area contributed by atoms with E-state index in [9.17, 15) is 13.2 Å². The Labute approximate surface area is 142 Å². The smallest absolute Gasteiger partial charge is 0.338 e. The van der Waals surface area contributed by atoms with E-state index in [2.05, 4.69) is 0 Å². The van der Waals surface area contributed by atoms with Crippen LogP contribution in [0.4, 0.5) is 0 Å². The van der Waals surface area contributed by atoms with Gasteiger partial charge in [0.25, 0.3) is 0 Å². The Morgan fingerprint density at radius 1 is 1.00 bits per heavy atom. The summed E-state index contributed by atoms with van der Waals surface area (Å²) in [6.07, 6.45) is 1.63. The minimum absolute atomic E-state index is 0.00280. The zero-order valence-electron chi connectivity index (χ0n) is 13.5. The van der Waals surface area contributed by atoms with E-state index in [0.29, 0.717) is 11.1 Å². The summed E-state index contributed by atoms with van der Waals surface area (Å²) in [4.78, 5) is 11.8. The lowest BCUT2D eigenvalue weighted by Gasteiger charge is -2.06. The van der Waals surface area contributed by atoms with Crippen molar-refractivity contribution < 1.29 is 17.9 Å². The Balaban J connectivity index is 1.86. The van der Waals surface area contributed by atoms with Gasteiger partial charge in [-0.1, -0.05) is 54.1 Å². The van der Waals surface area contributed by atoms with E-state index in [1.807, 2.05) is 24.3 Å². The van der Waals surface area contributed by atoms with Gasteiger partial charge in [-0.25, -0.2) is 13.2 Å². The number of ether oxygens (including phenoxy) is 1. The Bertz CT molecular complexity index is 794. The highest BCUT2D eigenvalue weighted by Crippen LogP contribution is 2.10. The van der Waals surface area contributed by atoms with Crippen LogP contribution in [-0.4, -0.2) is 26.7 Å². The van der Waals surface area contributed by atoms with Crippen LogP contribution in [0, 0.1) is 0 Å². The van der Waals surface area contributed by atoms with Crippen molar-refractivity contribution in [1.29, 1.82) is 0 Å². The molecule has 0 fully saturated rings. The fourth-order valence-corrected chi connectivity index (χ4v) is 3.82. The molecule has 4 nitrogen and oxygen atoms in total. The average Bonchev–Trinajstić information content (AvgIpc) is 2.55. The zero-order chi connectivity index (χ0) is 17.4. The predicted octanol–water partition coefficient (Wildman–Crippen LogP) is 3.40. The number of carbonyl (C=O) groups is 1. The number of hydrogen-bond donors (Lipinski definition) is 0. The molecule has 0 bridgehead atoms. The highest BCUT2D eigenvalue weighted by Gasteiger charge is 2.13. The maximum Gasteiger partial charge on any atom is 0.338 e. The molecular formula is C19H20O4S. The molecule has 0 N–H and O–H groups in total. The normalized spacial score (nSPS) is 12.0. The van der Waals surface area contributed by atoms with Crippen molar-refractivity contribution in [2.75, 3.05) is 12.4 Å². The number of hydrogen-bond acceptors (Lipinski definition) is 4. The van der Waals surface area contributed by atoms with Gasteiger partial charge in [-0.15, -0.1) is 0 Å². The van der Waals surface area contributed by atoms with Gasteiger partial charge in [0.05, 0.1) is 17.1 Å². The molecule has 0 radical (unpaired) electrons. The molecule has 0 saturated carbocycles. The van der Waals surface area contributed by atoms with Crippen LogP contribution in [0.3, 0.4) is 0 Å². The first-order chi connectivity index (χ1) is 11.5. The molecule has 0 aliphatic heterocycles. The second kappa shape index (κ2) is 8.45. The van der Waals surface area contributed by atoms with E-state index in [1.165, 1.54) is 0 Å². The second-order valence-corrected chi connectivity index (χ2v) is 7.60. The molecule has 0 aliphatic carbocycles. The number of esters is 1. The molecule has 0 aromatic heterocycles. The third-order valence-corrected chi connectivity index (χ3v) is 5.00. The van der Waals surface area contributed by atoms with E-state index in [1.54, 1.807) is 49.4 Å². The van der Waals surface area contributed by atoms with Crippen molar-refractivity contribution >= 4 is 15.8 Å². The van der Waals surface area contributed by atoms with Crippen LogP contribution in [0.5, 0.6) is 0 Å². The second-order valence-electron chi connectivity index (χ2n) is 5.53. The lowest BCUT2D eigenvalue weighted by Crippen LogP contribution is -2.11. The summed E-state index contributed by atoms with van der Waals surface area (Å²) < 4.78 is 29.5. The maximum absolute atomic E-state index is 12.2. The van der Waals surface area contributed by atoms with Gasteiger partial charge >= 0.3 is 5.97 Å². The van der Waals surface area contributed by atoms with Gasteiger partial charge < -0.3 is 4.74 Å². The summed E-state index contributed by atoms with van der Waals surface area (Å²) in [6.45, 7) is 1.78. The topological polar surface area (TPSA) is 60.4 Å². The Morgan fingerprint density at radius 3 is 2.21 bits per heavy atom. The average molecular weight is 344 g/mol. The first-order valence-electron chi connectivity index (χ1n) is 7.58. The van der Waals surface area contributed by atoms with Gasteiger partial charge in [0.2, 0.25) is 0 Å². The van der Waals surface area contributed by atoms with Gasteiger partial charge in [0.1, 0.15) is 6.61 Å². The number of benzene rings is 2. The molecule has 0 aliphatic rings. The van der Waals surface area contributed by atoms with Crippen LogP contribution in [0.1, 0.15) is 22.8 Å². The van der Waals surface area contributed by atoms with Crippen LogP contribution >= 0.6 is 0 Å². The van der Waals surface area contributed by atoms with Gasteiger partial charge in [-0.2, -0.15) is 0 Å². The van der Waals surface area contributed by atoms with Crippen LogP contribution < -0.4 is 0 Å². The summed E-state index contributed by atoms with van der Waals surface area (Å²) in [6, 6.07) is 17.7. The maximum atomic E-state index is 12.2. The van der Waals surface area contributed by atoms with Crippen molar-refractivity contribution in [3.8, 4) is 0 Å². The monoisotopic (exact) mass is 344 g/mol. The van der Waals surface area contributed by atoms with Gasteiger partial charge in [-0.3, -0.25) is 0 Å². The summed E-state index contributed by atoms with van der Waals surface area (Å²) >= 11 is 0. The third-order valence-electron chi connectivity index (χ3n) is 3.33. The Kier molecular flexibility index (Phi) is 6.32. The van der Waals surface area contributed by atoms with Gasteiger partial charge in [0, 0.05) is 0 Å². The van der Waals surface area contributed by atoms with E-state index < -0.39 is 15.8 Å². The highest BCUT2D eigenvalue weighted by atomic mass is 32.2. The highest BCUT2D eigenvalue weighted by molar-refractivity contribution is 7.90. The third kappa shape index (κ3) is 6.01. The molecule has 2 rings (SSSR count). The van der Waals surface area contributed by atoms with Gasteiger partial charge in [-0.05, 0) is 30.7 Å². The van der Waals surface area contributed by atoms with E-state index in [-0.39, 0.29) is 18.1 Å². The number of carbonyl (C=O) groups excluding carboxylic acids is 1. The molecule has 0 saturated heterocycles. The molecule has 5 heteroatoms. The quantitative estimate of drug-likeness (QED) is 0.570. The molecule has 0 atom stereocenters. The Hall–Kier alpha value is -2.40. The van der Waals surface area contributed by atoms with Crippen LogP contribution in [0.2, 0.25) is 0 Å². The lowest BCUT2D eigenvalue weighted by atomic mass is 10.2. The first-order valence-corrected chi connectivity index (χ1v) is 9.40. The summed E-state index contributed by atoms with van der Waals surface area (Å²) in [5, 5.41) is 0. The van der Waals surface area contributed by atoms with E-state index in [0.717, 1.165) is 5.56 Å². The number of sulfone groups is 1. The fourth-order valence-electron chi connectivity index (χ4n) is 2.20. The van der Waals surface area contributed by atoms with Crippen molar-refractivity contribution in [2.45, 2.75) is 12.7 Å². The minimum Gasteiger partial charge on any atom is -0.458 e. The van der Waals surface area contributed by atoms with Gasteiger partial charge in [0.15, 0.2) is 9.84 Å². The lowest BCUT2D eigenvalue weighted by molar-refractivity contribution is 0.0549. The zero-order valence-corrected chi connectivity index (χ0v) is 14.3. The summed E-state index contributed by atoms with van der Waals surface area (Å²) in [5.74, 6) is -0.472. The molecule has 0 spiro atoms. The van der Waals surface area contributed by atoms with E-state index in [4.69, 9.17) is 4.74 Å². The van der Waals surface area contributed by atoms with Crippen molar-refractivity contribution in [3.05, 3.63) is 83.4 Å². The molecule has 0 unspecified atom stereocenters. The minimum atomic E-state index is -3.25. The fraction of sp³-hybridized carbons (Fsp3) is 0.211.